The minimum absolute atomic E-state index is 0.00966. The highest BCUT2D eigenvalue weighted by Crippen LogP contribution is 2.31. The maximum absolute atomic E-state index is 13.5. The average Bonchev–Trinajstić information content (AvgIpc) is 3.40. The van der Waals surface area contributed by atoms with Crippen LogP contribution in [-0.4, -0.2) is 45.6 Å². The highest BCUT2D eigenvalue weighted by molar-refractivity contribution is 5.93. The van der Waals surface area contributed by atoms with Gasteiger partial charge in [-0.15, -0.1) is 5.92 Å². The lowest BCUT2D eigenvalue weighted by Gasteiger charge is -2.18. The fourth-order valence-corrected chi connectivity index (χ4v) is 3.20. The zero-order valence-corrected chi connectivity index (χ0v) is 16.8. The maximum atomic E-state index is 13.5. The molecule has 1 saturated heterocycles. The maximum Gasteiger partial charge on any atom is 0.423 e. The summed E-state index contributed by atoms with van der Waals surface area (Å²) in [5.74, 6) is 3.65. The Balaban J connectivity index is 2.05. The molecule has 3 atom stereocenters. The summed E-state index contributed by atoms with van der Waals surface area (Å²) >= 11 is 0. The van der Waals surface area contributed by atoms with E-state index in [9.17, 15) is 32.7 Å². The number of furan rings is 1. The van der Waals surface area contributed by atoms with Crippen molar-refractivity contribution < 1.29 is 37.0 Å². The van der Waals surface area contributed by atoms with Crippen molar-refractivity contribution in [2.75, 3.05) is 13.2 Å². The molecule has 3 heterocycles. The van der Waals surface area contributed by atoms with Crippen LogP contribution in [-0.2, 0) is 15.7 Å². The number of ether oxygens (including phenoxy) is 2. The van der Waals surface area contributed by atoms with Crippen molar-refractivity contribution in [1.29, 1.82) is 0 Å². The van der Waals surface area contributed by atoms with Crippen LogP contribution in [0.25, 0.3) is 0 Å². The van der Waals surface area contributed by atoms with Crippen molar-refractivity contribution in [3.05, 3.63) is 56.8 Å². The van der Waals surface area contributed by atoms with Crippen LogP contribution in [0.1, 0.15) is 42.1 Å². The first kappa shape index (κ1) is 23.5. The zero-order chi connectivity index (χ0) is 23.5. The van der Waals surface area contributed by atoms with Gasteiger partial charge in [0.2, 0.25) is 0 Å². The van der Waals surface area contributed by atoms with E-state index in [2.05, 4.69) is 11.8 Å². The molecule has 2 aromatic heterocycles. The van der Waals surface area contributed by atoms with E-state index in [0.717, 1.165) is 12.3 Å². The fraction of sp³-hybridized carbons (Fsp3) is 0.450. The van der Waals surface area contributed by atoms with Gasteiger partial charge in [-0.1, -0.05) is 12.8 Å². The lowest BCUT2D eigenvalue weighted by Crippen LogP contribution is -2.47. The Hall–Kier alpha value is -3.14. The number of hydrogen-bond donors (Lipinski definition) is 1. The molecule has 3 rings (SSSR count). The molecule has 1 aliphatic rings. The minimum Gasteiger partial charge on any atom is -0.459 e. The Morgan fingerprint density at radius 3 is 2.69 bits per heavy atom. The number of aliphatic hydroxyl groups is 1. The Morgan fingerprint density at radius 1 is 1.34 bits per heavy atom. The molecule has 0 aliphatic carbocycles. The second kappa shape index (κ2) is 9.56. The van der Waals surface area contributed by atoms with Crippen LogP contribution in [0.2, 0.25) is 0 Å². The van der Waals surface area contributed by atoms with Gasteiger partial charge in [-0.25, -0.2) is 4.79 Å². The van der Waals surface area contributed by atoms with Gasteiger partial charge in [0.05, 0.1) is 19.0 Å². The van der Waals surface area contributed by atoms with Gasteiger partial charge in [0.15, 0.2) is 5.76 Å². The van der Waals surface area contributed by atoms with E-state index in [0.29, 0.717) is 17.2 Å². The van der Waals surface area contributed by atoms with Crippen molar-refractivity contribution in [2.45, 2.75) is 44.4 Å². The van der Waals surface area contributed by atoms with Crippen LogP contribution in [0.15, 0.2) is 38.6 Å². The summed E-state index contributed by atoms with van der Waals surface area (Å²) in [5.41, 5.74) is -4.92. The van der Waals surface area contributed by atoms with E-state index in [4.69, 9.17) is 13.9 Å². The Labute approximate surface area is 179 Å². The van der Waals surface area contributed by atoms with Crippen molar-refractivity contribution in [3.8, 4) is 11.8 Å². The van der Waals surface area contributed by atoms with Crippen LogP contribution in [0.5, 0.6) is 0 Å². The molecule has 0 saturated carbocycles. The topological polar surface area (TPSA) is 113 Å². The predicted octanol–water partition coefficient (Wildman–Crippen LogP) is 1.39. The van der Waals surface area contributed by atoms with E-state index >= 15 is 0 Å². The van der Waals surface area contributed by atoms with E-state index in [-0.39, 0.29) is 17.6 Å². The second-order valence-corrected chi connectivity index (χ2v) is 6.76. The number of carbonyl (C=O) groups is 1. The number of aliphatic hydroxyl groups excluding tert-OH is 1. The summed E-state index contributed by atoms with van der Waals surface area (Å²) < 4.78 is 56.7. The summed E-state index contributed by atoms with van der Waals surface area (Å²) in [6.45, 7) is 1.29. The van der Waals surface area contributed by atoms with Gasteiger partial charge in [-0.3, -0.25) is 14.2 Å². The van der Waals surface area contributed by atoms with Crippen molar-refractivity contribution in [2.24, 2.45) is 0 Å². The molecule has 0 aromatic carbocycles. The largest absolute Gasteiger partial charge is 0.459 e. The van der Waals surface area contributed by atoms with E-state index in [1.54, 1.807) is 0 Å². The van der Waals surface area contributed by atoms with Crippen molar-refractivity contribution >= 4 is 5.91 Å². The highest BCUT2D eigenvalue weighted by atomic mass is 19.4. The average molecular weight is 456 g/mol. The first-order valence-electron chi connectivity index (χ1n) is 9.56. The number of halogens is 3. The number of alkyl halides is 3. The number of nitrogens with zero attached hydrogens (tertiary/aromatic N) is 2. The molecular formula is C20H19F3N2O7. The molecule has 12 heteroatoms. The molecule has 1 N–H and O–H groups in total. The summed E-state index contributed by atoms with van der Waals surface area (Å²) in [6, 6.07) is 2.38. The quantitative estimate of drug-likeness (QED) is 0.677. The monoisotopic (exact) mass is 456 g/mol. The molecule has 0 amide bonds. The van der Waals surface area contributed by atoms with Gasteiger partial charge in [0.25, 0.3) is 5.56 Å². The van der Waals surface area contributed by atoms with E-state index in [1.807, 2.05) is 6.92 Å². The van der Waals surface area contributed by atoms with Gasteiger partial charge in [-0.2, -0.15) is 17.7 Å². The van der Waals surface area contributed by atoms with Crippen LogP contribution < -0.4 is 11.2 Å². The van der Waals surface area contributed by atoms with E-state index < -0.39 is 59.7 Å². The minimum atomic E-state index is -5.15. The van der Waals surface area contributed by atoms with Crippen LogP contribution >= 0.6 is 0 Å². The first-order chi connectivity index (χ1) is 15.2. The van der Waals surface area contributed by atoms with Gasteiger partial charge in [0, 0.05) is 19.0 Å². The fourth-order valence-electron chi connectivity index (χ4n) is 3.20. The number of rotatable bonds is 5. The number of hydrogen-bond acceptors (Lipinski definition) is 7. The number of carbonyl (C=O) groups excluding carboxylic acids is 1. The predicted molar refractivity (Wildman–Crippen MR) is 102 cm³/mol. The second-order valence-electron chi connectivity index (χ2n) is 6.76. The normalized spacial score (nSPS) is 20.7. The van der Waals surface area contributed by atoms with Crippen LogP contribution in [0.3, 0.4) is 0 Å². The molecule has 0 unspecified atom stereocenters. The summed E-state index contributed by atoms with van der Waals surface area (Å²) in [4.78, 5) is 37.8. The van der Waals surface area contributed by atoms with Crippen LogP contribution in [0, 0.1) is 11.8 Å². The van der Waals surface area contributed by atoms with E-state index in [1.165, 1.54) is 6.07 Å². The summed E-state index contributed by atoms with van der Waals surface area (Å²) in [6.07, 6.45) is -6.38. The van der Waals surface area contributed by atoms with Gasteiger partial charge in [-0.05, 0) is 12.1 Å². The van der Waals surface area contributed by atoms with Crippen molar-refractivity contribution in [1.82, 2.24) is 9.13 Å². The molecule has 32 heavy (non-hydrogen) atoms. The smallest absolute Gasteiger partial charge is 0.423 e. The third kappa shape index (κ3) is 4.69. The molecule has 0 radical (unpaired) electrons. The molecule has 0 spiro atoms. The Morgan fingerprint density at radius 2 is 2.09 bits per heavy atom. The zero-order valence-electron chi connectivity index (χ0n) is 16.8. The van der Waals surface area contributed by atoms with Gasteiger partial charge >= 0.3 is 17.8 Å². The lowest BCUT2D eigenvalue weighted by atomic mass is 10.2. The summed E-state index contributed by atoms with van der Waals surface area (Å²) in [7, 11) is 0. The highest BCUT2D eigenvalue weighted by Gasteiger charge is 2.41. The molecule has 1 aliphatic heterocycles. The third-order valence-electron chi connectivity index (χ3n) is 4.70. The molecule has 172 valence electrons. The molecular weight excluding hydrogens is 437 g/mol. The SMILES string of the molecule is CCC#CCO[C@H]1C[C@H](n2cc(C(F)(F)F)c(=O)n(C(=O)c3ccco3)c2=O)O[C@@H]1CO. The lowest BCUT2D eigenvalue weighted by molar-refractivity contribution is -0.139. The van der Waals surface area contributed by atoms with Gasteiger partial charge < -0.3 is 19.0 Å². The Bertz CT molecular complexity index is 1140. The van der Waals surface area contributed by atoms with Crippen LogP contribution in [0.4, 0.5) is 13.2 Å². The molecule has 2 aromatic rings. The number of aromatic nitrogens is 2. The first-order valence-corrected chi connectivity index (χ1v) is 9.56. The standard InChI is InChI=1S/C20H19F3N2O7/c1-2-3-4-7-31-14-9-16(32-15(14)11-26)24-10-12(20(21,22)23)17(27)25(19(24)29)18(28)13-6-5-8-30-13/h5-6,8,10,14-16,26H,2,7,9,11H2,1H3/t14-,15+,16+/m0/s1. The van der Waals surface area contributed by atoms with Gasteiger partial charge in [0.1, 0.15) is 24.5 Å². The molecule has 9 nitrogen and oxygen atoms in total. The Kier molecular flexibility index (Phi) is 7.02. The molecule has 1 fully saturated rings. The molecule has 0 bridgehead atoms. The summed E-state index contributed by atoms with van der Waals surface area (Å²) in [5, 5.41) is 9.54. The third-order valence-corrected chi connectivity index (χ3v) is 4.70. The van der Waals surface area contributed by atoms with Crippen molar-refractivity contribution in [3.63, 3.8) is 0 Å².